The number of carbonyl (C=O) groups is 2. The zero-order valence-electron chi connectivity index (χ0n) is 7.78. The SMILES string of the molecule is CCOC(=O)CC(O)CC(=O)OC. The molecule has 1 unspecified atom stereocenters. The molecule has 1 atom stereocenters. The summed E-state index contributed by atoms with van der Waals surface area (Å²) in [7, 11) is 1.22. The van der Waals surface area contributed by atoms with Crippen LogP contribution in [0.5, 0.6) is 0 Å². The van der Waals surface area contributed by atoms with Crippen molar-refractivity contribution in [3.8, 4) is 0 Å². The second-order valence-corrected chi connectivity index (χ2v) is 2.44. The van der Waals surface area contributed by atoms with Gasteiger partial charge in [-0.1, -0.05) is 0 Å². The third kappa shape index (κ3) is 6.10. The zero-order chi connectivity index (χ0) is 10.3. The predicted molar refractivity (Wildman–Crippen MR) is 43.9 cm³/mol. The zero-order valence-corrected chi connectivity index (χ0v) is 7.78. The molecule has 0 aromatic heterocycles. The molecule has 0 aliphatic carbocycles. The van der Waals surface area contributed by atoms with Gasteiger partial charge in [0, 0.05) is 0 Å². The van der Waals surface area contributed by atoms with Crippen molar-refractivity contribution in [1.29, 1.82) is 0 Å². The number of ether oxygens (including phenoxy) is 2. The first kappa shape index (κ1) is 11.9. The summed E-state index contributed by atoms with van der Waals surface area (Å²) < 4.78 is 8.89. The summed E-state index contributed by atoms with van der Waals surface area (Å²) in [4.78, 5) is 21.4. The summed E-state index contributed by atoms with van der Waals surface area (Å²) in [6.07, 6.45) is -1.38. The van der Waals surface area contributed by atoms with Gasteiger partial charge in [-0.3, -0.25) is 9.59 Å². The van der Waals surface area contributed by atoms with Gasteiger partial charge in [0.25, 0.3) is 0 Å². The molecule has 0 heterocycles. The summed E-state index contributed by atoms with van der Waals surface area (Å²) in [6, 6.07) is 0. The number of hydrogen-bond donors (Lipinski definition) is 1. The number of carbonyl (C=O) groups excluding carboxylic acids is 2. The molecule has 13 heavy (non-hydrogen) atoms. The molecule has 5 heteroatoms. The van der Waals surface area contributed by atoms with Gasteiger partial charge < -0.3 is 14.6 Å². The Labute approximate surface area is 76.6 Å². The highest BCUT2D eigenvalue weighted by Gasteiger charge is 2.15. The van der Waals surface area contributed by atoms with Gasteiger partial charge >= 0.3 is 11.9 Å². The largest absolute Gasteiger partial charge is 0.469 e. The van der Waals surface area contributed by atoms with E-state index < -0.39 is 18.0 Å². The number of methoxy groups -OCH3 is 1. The first-order chi connectivity index (χ1) is 6.10. The second-order valence-electron chi connectivity index (χ2n) is 2.44. The number of aliphatic hydroxyl groups is 1. The number of esters is 2. The van der Waals surface area contributed by atoms with Crippen LogP contribution in [-0.4, -0.2) is 36.9 Å². The van der Waals surface area contributed by atoms with Crippen molar-refractivity contribution in [1.82, 2.24) is 0 Å². The van der Waals surface area contributed by atoms with Crippen LogP contribution in [0.25, 0.3) is 0 Å². The van der Waals surface area contributed by atoms with Crippen LogP contribution in [0.1, 0.15) is 19.8 Å². The van der Waals surface area contributed by atoms with E-state index in [1.807, 2.05) is 0 Å². The van der Waals surface area contributed by atoms with Crippen LogP contribution < -0.4 is 0 Å². The first-order valence-electron chi connectivity index (χ1n) is 4.00. The highest BCUT2D eigenvalue weighted by molar-refractivity contribution is 5.73. The van der Waals surface area contributed by atoms with E-state index in [0.717, 1.165) is 0 Å². The van der Waals surface area contributed by atoms with Crippen molar-refractivity contribution in [2.24, 2.45) is 0 Å². The minimum Gasteiger partial charge on any atom is -0.469 e. The Bertz CT molecular complexity index is 177. The van der Waals surface area contributed by atoms with Gasteiger partial charge in [0.1, 0.15) is 0 Å². The molecule has 0 fully saturated rings. The van der Waals surface area contributed by atoms with Crippen molar-refractivity contribution in [3.63, 3.8) is 0 Å². The Morgan fingerprint density at radius 1 is 1.31 bits per heavy atom. The van der Waals surface area contributed by atoms with E-state index in [-0.39, 0.29) is 19.4 Å². The van der Waals surface area contributed by atoms with E-state index >= 15 is 0 Å². The van der Waals surface area contributed by atoms with Crippen LogP contribution in [0.3, 0.4) is 0 Å². The highest BCUT2D eigenvalue weighted by atomic mass is 16.5. The molecule has 0 saturated carbocycles. The molecule has 0 aliphatic rings. The standard InChI is InChI=1S/C8H14O5/c1-3-13-8(11)5-6(9)4-7(10)12-2/h6,9H,3-5H2,1-2H3. The lowest BCUT2D eigenvalue weighted by Crippen LogP contribution is -2.19. The van der Waals surface area contributed by atoms with Crippen LogP contribution in [-0.2, 0) is 19.1 Å². The molecule has 0 aromatic carbocycles. The Morgan fingerprint density at radius 2 is 1.85 bits per heavy atom. The Hall–Kier alpha value is -1.10. The summed E-state index contributed by atoms with van der Waals surface area (Å²) >= 11 is 0. The Morgan fingerprint density at radius 3 is 2.31 bits per heavy atom. The van der Waals surface area contributed by atoms with Crippen LogP contribution >= 0.6 is 0 Å². The molecule has 0 aromatic rings. The molecule has 76 valence electrons. The summed E-state index contributed by atoms with van der Waals surface area (Å²) in [5.41, 5.74) is 0. The molecule has 1 N–H and O–H groups in total. The molecule has 0 radical (unpaired) electrons. The third-order valence-corrected chi connectivity index (χ3v) is 1.34. The average Bonchev–Trinajstić information content (AvgIpc) is 2.04. The van der Waals surface area contributed by atoms with Crippen molar-refractivity contribution < 1.29 is 24.2 Å². The monoisotopic (exact) mass is 190 g/mol. The van der Waals surface area contributed by atoms with Crippen molar-refractivity contribution >= 4 is 11.9 Å². The van der Waals surface area contributed by atoms with Gasteiger partial charge in [0.15, 0.2) is 0 Å². The minimum absolute atomic E-state index is 0.178. The number of hydrogen-bond acceptors (Lipinski definition) is 5. The molecule has 0 rings (SSSR count). The van der Waals surface area contributed by atoms with Crippen molar-refractivity contribution in [2.45, 2.75) is 25.9 Å². The normalized spacial score (nSPS) is 11.9. The fraction of sp³-hybridized carbons (Fsp3) is 0.750. The molecule has 0 bridgehead atoms. The van der Waals surface area contributed by atoms with Crippen LogP contribution in [0, 0.1) is 0 Å². The maximum atomic E-state index is 10.8. The Kier molecular flexibility index (Phi) is 5.88. The smallest absolute Gasteiger partial charge is 0.308 e. The van der Waals surface area contributed by atoms with Crippen LogP contribution in [0.2, 0.25) is 0 Å². The Balaban J connectivity index is 3.67. The maximum Gasteiger partial charge on any atom is 0.308 e. The maximum absolute atomic E-state index is 10.8. The lowest BCUT2D eigenvalue weighted by molar-refractivity contribution is -0.147. The average molecular weight is 190 g/mol. The molecule has 0 spiro atoms. The molecule has 0 aliphatic heterocycles. The van der Waals surface area contributed by atoms with E-state index in [4.69, 9.17) is 5.11 Å². The van der Waals surface area contributed by atoms with E-state index in [2.05, 4.69) is 9.47 Å². The quantitative estimate of drug-likeness (QED) is 0.611. The second kappa shape index (κ2) is 6.42. The minimum atomic E-state index is -1.02. The van der Waals surface area contributed by atoms with E-state index in [1.165, 1.54) is 7.11 Å². The number of aliphatic hydroxyl groups excluding tert-OH is 1. The van der Waals surface area contributed by atoms with Crippen LogP contribution in [0.4, 0.5) is 0 Å². The summed E-state index contributed by atoms with van der Waals surface area (Å²) in [5.74, 6) is -1.06. The van der Waals surface area contributed by atoms with Gasteiger partial charge in [-0.2, -0.15) is 0 Å². The predicted octanol–water partition coefficient (Wildman–Crippen LogP) is -0.136. The molecule has 0 saturated heterocycles. The van der Waals surface area contributed by atoms with Gasteiger partial charge in [-0.15, -0.1) is 0 Å². The van der Waals surface area contributed by atoms with E-state index in [0.29, 0.717) is 0 Å². The van der Waals surface area contributed by atoms with E-state index in [1.54, 1.807) is 6.92 Å². The highest BCUT2D eigenvalue weighted by Crippen LogP contribution is 2.00. The van der Waals surface area contributed by atoms with Crippen LogP contribution in [0.15, 0.2) is 0 Å². The van der Waals surface area contributed by atoms with Crippen molar-refractivity contribution in [3.05, 3.63) is 0 Å². The van der Waals surface area contributed by atoms with Gasteiger partial charge in [-0.25, -0.2) is 0 Å². The molecular formula is C8H14O5. The summed E-state index contributed by atoms with van der Waals surface area (Å²) in [6.45, 7) is 1.94. The van der Waals surface area contributed by atoms with E-state index in [9.17, 15) is 9.59 Å². The molecule has 0 amide bonds. The first-order valence-corrected chi connectivity index (χ1v) is 4.00. The van der Waals surface area contributed by atoms with Gasteiger partial charge in [-0.05, 0) is 6.92 Å². The fourth-order valence-electron chi connectivity index (χ4n) is 0.760. The van der Waals surface area contributed by atoms with Gasteiger partial charge in [0.05, 0.1) is 32.7 Å². The summed E-state index contributed by atoms with van der Waals surface area (Å²) in [5, 5.41) is 9.15. The lowest BCUT2D eigenvalue weighted by atomic mass is 10.2. The number of rotatable bonds is 5. The lowest BCUT2D eigenvalue weighted by Gasteiger charge is -2.07. The molecular weight excluding hydrogens is 176 g/mol. The van der Waals surface area contributed by atoms with Crippen molar-refractivity contribution in [2.75, 3.05) is 13.7 Å². The fourth-order valence-corrected chi connectivity index (χ4v) is 0.760. The molecule has 5 nitrogen and oxygen atoms in total. The third-order valence-electron chi connectivity index (χ3n) is 1.34. The van der Waals surface area contributed by atoms with Gasteiger partial charge in [0.2, 0.25) is 0 Å². The topological polar surface area (TPSA) is 72.8 Å².